The van der Waals surface area contributed by atoms with Gasteiger partial charge in [-0.1, -0.05) is 0 Å². The first-order chi connectivity index (χ1) is 9.95. The van der Waals surface area contributed by atoms with E-state index >= 15 is 0 Å². The summed E-state index contributed by atoms with van der Waals surface area (Å²) in [6.07, 6.45) is 2.34. The highest BCUT2D eigenvalue weighted by Crippen LogP contribution is 2.22. The lowest BCUT2D eigenvalue weighted by molar-refractivity contribution is -0.138. The Morgan fingerprint density at radius 3 is 2.48 bits per heavy atom. The Morgan fingerprint density at radius 1 is 1.19 bits per heavy atom. The van der Waals surface area contributed by atoms with Gasteiger partial charge in [0.1, 0.15) is 13.1 Å². The van der Waals surface area contributed by atoms with Crippen LogP contribution in [0.3, 0.4) is 0 Å². The molecule has 8 heteroatoms. The monoisotopic (exact) mass is 297 g/mol. The van der Waals surface area contributed by atoms with Crippen molar-refractivity contribution in [3.63, 3.8) is 0 Å². The van der Waals surface area contributed by atoms with E-state index in [1.54, 1.807) is 4.90 Å². The van der Waals surface area contributed by atoms with Gasteiger partial charge in [0.25, 0.3) is 0 Å². The molecule has 0 saturated carbocycles. The van der Waals surface area contributed by atoms with Crippen molar-refractivity contribution in [2.75, 3.05) is 26.2 Å². The fourth-order valence-electron chi connectivity index (χ4n) is 2.77. The summed E-state index contributed by atoms with van der Waals surface area (Å²) in [6.45, 7) is 0.842. The third kappa shape index (κ3) is 4.17. The van der Waals surface area contributed by atoms with E-state index in [4.69, 9.17) is 5.11 Å². The van der Waals surface area contributed by atoms with Gasteiger partial charge in [-0.05, 0) is 25.2 Å². The zero-order chi connectivity index (χ0) is 15.4. The van der Waals surface area contributed by atoms with Crippen LogP contribution in [0.5, 0.6) is 0 Å². The summed E-state index contributed by atoms with van der Waals surface area (Å²) >= 11 is 0. The number of imide groups is 1. The largest absolute Gasteiger partial charge is 0.481 e. The first kappa shape index (κ1) is 15.3. The zero-order valence-electron chi connectivity index (χ0n) is 11.7. The molecule has 2 N–H and O–H groups in total. The van der Waals surface area contributed by atoms with E-state index in [0.717, 1.165) is 12.8 Å². The van der Waals surface area contributed by atoms with E-state index in [2.05, 4.69) is 5.32 Å². The number of carboxylic acid groups (broad SMARTS) is 1. The maximum Gasteiger partial charge on any atom is 0.320 e. The number of nitrogens with one attached hydrogen (secondary N) is 1. The molecule has 2 saturated heterocycles. The zero-order valence-corrected chi connectivity index (χ0v) is 11.7. The summed E-state index contributed by atoms with van der Waals surface area (Å²) in [6, 6.07) is -0.321. The molecule has 2 aliphatic rings. The average Bonchev–Trinajstić information content (AvgIpc) is 2.43. The van der Waals surface area contributed by atoms with E-state index in [1.807, 2.05) is 0 Å². The lowest BCUT2D eigenvalue weighted by Gasteiger charge is -2.37. The normalized spacial score (nSPS) is 23.0. The van der Waals surface area contributed by atoms with Gasteiger partial charge in [0.2, 0.25) is 11.8 Å². The Bertz CT molecular complexity index is 449. The molecular formula is C13H19N3O5. The molecule has 0 aromatic carbocycles. The molecule has 0 spiro atoms. The number of piperazine rings is 1. The highest BCUT2D eigenvalue weighted by atomic mass is 16.4. The van der Waals surface area contributed by atoms with Crippen LogP contribution in [0.15, 0.2) is 0 Å². The SMILES string of the molecule is O=C(O)CCC1CCCN(C(=O)N2CC(=O)NC(=O)C2)C1. The van der Waals surface area contributed by atoms with Crippen LogP contribution in [0.2, 0.25) is 0 Å². The van der Waals surface area contributed by atoms with Crippen LogP contribution in [0.4, 0.5) is 4.79 Å². The summed E-state index contributed by atoms with van der Waals surface area (Å²) < 4.78 is 0. The van der Waals surface area contributed by atoms with Gasteiger partial charge < -0.3 is 14.9 Å². The fraction of sp³-hybridized carbons (Fsp3) is 0.692. The molecule has 0 aromatic heterocycles. The molecule has 0 aliphatic carbocycles. The summed E-state index contributed by atoms with van der Waals surface area (Å²) in [4.78, 5) is 48.4. The molecular weight excluding hydrogens is 278 g/mol. The van der Waals surface area contributed by atoms with E-state index < -0.39 is 17.8 Å². The Morgan fingerprint density at radius 2 is 1.86 bits per heavy atom. The third-order valence-electron chi connectivity index (χ3n) is 3.77. The molecule has 21 heavy (non-hydrogen) atoms. The number of hydrogen-bond acceptors (Lipinski definition) is 4. The first-order valence-electron chi connectivity index (χ1n) is 7.04. The second kappa shape index (κ2) is 6.55. The number of carbonyl (C=O) groups excluding carboxylic acids is 3. The second-order valence-electron chi connectivity index (χ2n) is 5.50. The highest BCUT2D eigenvalue weighted by Gasteiger charge is 2.32. The first-order valence-corrected chi connectivity index (χ1v) is 7.04. The predicted octanol–water partition coefficient (Wildman–Crippen LogP) is -0.358. The van der Waals surface area contributed by atoms with Gasteiger partial charge in [-0.15, -0.1) is 0 Å². The minimum Gasteiger partial charge on any atom is -0.481 e. The number of carbonyl (C=O) groups is 4. The minimum atomic E-state index is -0.836. The van der Waals surface area contributed by atoms with Gasteiger partial charge in [-0.3, -0.25) is 19.7 Å². The van der Waals surface area contributed by atoms with Crippen molar-refractivity contribution in [2.45, 2.75) is 25.7 Å². The molecule has 0 radical (unpaired) electrons. The second-order valence-corrected chi connectivity index (χ2v) is 5.50. The van der Waals surface area contributed by atoms with Crippen LogP contribution in [0.1, 0.15) is 25.7 Å². The highest BCUT2D eigenvalue weighted by molar-refractivity contribution is 6.02. The topological polar surface area (TPSA) is 107 Å². The van der Waals surface area contributed by atoms with Gasteiger partial charge in [-0.2, -0.15) is 0 Å². The molecule has 0 aromatic rings. The van der Waals surface area contributed by atoms with Crippen molar-refractivity contribution in [1.82, 2.24) is 15.1 Å². The summed E-state index contributed by atoms with van der Waals surface area (Å²) in [5.74, 6) is -1.62. The minimum absolute atomic E-state index is 0.0945. The number of amides is 4. The molecule has 2 aliphatic heterocycles. The van der Waals surface area contributed by atoms with E-state index in [-0.39, 0.29) is 31.5 Å². The lowest BCUT2D eigenvalue weighted by Crippen LogP contribution is -2.57. The van der Waals surface area contributed by atoms with E-state index in [9.17, 15) is 19.2 Å². The number of piperidine rings is 1. The molecule has 8 nitrogen and oxygen atoms in total. The standard InChI is InChI=1S/C13H19N3O5/c17-10-7-16(8-11(18)14-10)13(21)15-5-1-2-9(6-15)3-4-12(19)20/h9H,1-8H2,(H,19,20)(H,14,17,18). The summed E-state index contributed by atoms with van der Waals surface area (Å²) in [5, 5.41) is 10.9. The maximum atomic E-state index is 12.3. The van der Waals surface area contributed by atoms with Crippen molar-refractivity contribution >= 4 is 23.8 Å². The predicted molar refractivity (Wildman–Crippen MR) is 71.3 cm³/mol. The molecule has 1 unspecified atom stereocenters. The van der Waals surface area contributed by atoms with Crippen molar-refractivity contribution in [3.05, 3.63) is 0 Å². The van der Waals surface area contributed by atoms with Crippen molar-refractivity contribution in [3.8, 4) is 0 Å². The molecule has 1 atom stereocenters. The van der Waals surface area contributed by atoms with Gasteiger partial charge in [0.15, 0.2) is 0 Å². The number of aliphatic carboxylic acids is 1. The van der Waals surface area contributed by atoms with E-state index in [0.29, 0.717) is 19.5 Å². The van der Waals surface area contributed by atoms with Gasteiger partial charge in [0.05, 0.1) is 0 Å². The third-order valence-corrected chi connectivity index (χ3v) is 3.77. The van der Waals surface area contributed by atoms with Crippen molar-refractivity contribution < 1.29 is 24.3 Å². The molecule has 2 fully saturated rings. The summed E-state index contributed by atoms with van der Waals surface area (Å²) in [5.41, 5.74) is 0. The van der Waals surface area contributed by atoms with Crippen LogP contribution < -0.4 is 5.32 Å². The van der Waals surface area contributed by atoms with Crippen LogP contribution in [-0.2, 0) is 14.4 Å². The molecule has 2 heterocycles. The lowest BCUT2D eigenvalue weighted by atomic mass is 9.93. The average molecular weight is 297 g/mol. The Hall–Kier alpha value is -2.12. The van der Waals surface area contributed by atoms with Crippen molar-refractivity contribution in [1.29, 1.82) is 0 Å². The van der Waals surface area contributed by atoms with Gasteiger partial charge in [0, 0.05) is 19.5 Å². The number of nitrogens with zero attached hydrogens (tertiary/aromatic N) is 2. The number of urea groups is 1. The summed E-state index contributed by atoms with van der Waals surface area (Å²) in [7, 11) is 0. The van der Waals surface area contributed by atoms with Crippen LogP contribution in [-0.4, -0.2) is 64.9 Å². The number of likely N-dealkylation sites (tertiary alicyclic amines) is 1. The number of carboxylic acids is 1. The Balaban J connectivity index is 1.90. The van der Waals surface area contributed by atoms with Gasteiger partial charge in [-0.25, -0.2) is 4.79 Å². The smallest absolute Gasteiger partial charge is 0.320 e. The van der Waals surface area contributed by atoms with Crippen LogP contribution in [0, 0.1) is 5.92 Å². The Labute approximate surface area is 122 Å². The van der Waals surface area contributed by atoms with Gasteiger partial charge >= 0.3 is 12.0 Å². The fourth-order valence-corrected chi connectivity index (χ4v) is 2.77. The van der Waals surface area contributed by atoms with Crippen LogP contribution in [0.25, 0.3) is 0 Å². The van der Waals surface area contributed by atoms with Crippen molar-refractivity contribution in [2.24, 2.45) is 5.92 Å². The van der Waals surface area contributed by atoms with Crippen LogP contribution >= 0.6 is 0 Å². The van der Waals surface area contributed by atoms with E-state index in [1.165, 1.54) is 4.90 Å². The maximum absolute atomic E-state index is 12.3. The number of hydrogen-bond donors (Lipinski definition) is 2. The number of rotatable bonds is 3. The molecule has 2 rings (SSSR count). The molecule has 0 bridgehead atoms. The molecule has 4 amide bonds. The quantitative estimate of drug-likeness (QED) is 0.692. The molecule has 116 valence electrons. The Kier molecular flexibility index (Phi) is 4.77.